The Labute approximate surface area is 199 Å². The number of aromatic nitrogens is 3. The van der Waals surface area contributed by atoms with Gasteiger partial charge >= 0.3 is 0 Å². The zero-order chi connectivity index (χ0) is 23.7. The minimum absolute atomic E-state index is 0.319. The predicted octanol–water partition coefficient (Wildman–Crippen LogP) is 3.22. The molecule has 1 aliphatic heterocycles. The van der Waals surface area contributed by atoms with Crippen LogP contribution in [0.3, 0.4) is 0 Å². The number of hydrogen-bond acceptors (Lipinski definition) is 7. The highest BCUT2D eigenvalue weighted by molar-refractivity contribution is 7.22. The molecule has 3 amide bonds. The van der Waals surface area contributed by atoms with Crippen molar-refractivity contribution in [1.82, 2.24) is 19.4 Å². The van der Waals surface area contributed by atoms with Crippen molar-refractivity contribution in [2.75, 3.05) is 25.1 Å². The van der Waals surface area contributed by atoms with Crippen LogP contribution in [0.4, 0.5) is 5.13 Å². The molecule has 0 radical (unpaired) electrons. The fourth-order valence-corrected chi connectivity index (χ4v) is 4.93. The summed E-state index contributed by atoms with van der Waals surface area (Å²) in [4.78, 5) is 50.2. The molecule has 172 valence electrons. The van der Waals surface area contributed by atoms with Crippen molar-refractivity contribution < 1.29 is 19.1 Å². The van der Waals surface area contributed by atoms with E-state index in [9.17, 15) is 14.4 Å². The van der Waals surface area contributed by atoms with E-state index in [0.29, 0.717) is 41.5 Å². The quantitative estimate of drug-likeness (QED) is 0.363. The molecule has 4 aromatic rings. The molecule has 0 N–H and O–H groups in total. The minimum atomic E-state index is -0.457. The number of carbonyl (C=O) groups excluding carboxylic acids is 3. The number of nitrogens with zero attached hydrogens (tertiary/aromatic N) is 5. The maximum absolute atomic E-state index is 13.4. The number of thiazole rings is 1. The first-order chi connectivity index (χ1) is 16.5. The van der Waals surface area contributed by atoms with Gasteiger partial charge in [-0.15, -0.1) is 0 Å². The van der Waals surface area contributed by atoms with Crippen LogP contribution in [0.15, 0.2) is 61.2 Å². The number of methoxy groups -OCH3 is 1. The number of amides is 3. The molecule has 34 heavy (non-hydrogen) atoms. The molecule has 0 atom stereocenters. The lowest BCUT2D eigenvalue weighted by Gasteiger charge is -2.22. The first-order valence-electron chi connectivity index (χ1n) is 10.7. The van der Waals surface area contributed by atoms with Crippen LogP contribution in [0.5, 0.6) is 5.75 Å². The molecule has 0 saturated carbocycles. The van der Waals surface area contributed by atoms with Gasteiger partial charge in [0.25, 0.3) is 11.8 Å². The predicted molar refractivity (Wildman–Crippen MR) is 127 cm³/mol. The lowest BCUT2D eigenvalue weighted by molar-refractivity contribution is -0.119. The smallest absolute Gasteiger partial charge is 0.262 e. The summed E-state index contributed by atoms with van der Waals surface area (Å²) in [6.45, 7) is 0.684. The van der Waals surface area contributed by atoms with Crippen LogP contribution in [-0.2, 0) is 11.3 Å². The van der Waals surface area contributed by atoms with Gasteiger partial charge in [0.1, 0.15) is 12.3 Å². The molecule has 2 aromatic heterocycles. The summed E-state index contributed by atoms with van der Waals surface area (Å²) in [5, 5.41) is 0.510. The van der Waals surface area contributed by atoms with Gasteiger partial charge in [-0.25, -0.2) is 9.97 Å². The van der Waals surface area contributed by atoms with Gasteiger partial charge in [-0.3, -0.25) is 24.2 Å². The number of imidazole rings is 1. The second-order valence-electron chi connectivity index (χ2n) is 7.77. The number of rotatable bonds is 8. The Morgan fingerprint density at radius 3 is 2.56 bits per heavy atom. The van der Waals surface area contributed by atoms with Gasteiger partial charge in [-0.2, -0.15) is 0 Å². The molecule has 0 fully saturated rings. The number of benzene rings is 2. The van der Waals surface area contributed by atoms with Crippen molar-refractivity contribution >= 4 is 44.4 Å². The Morgan fingerprint density at radius 2 is 1.88 bits per heavy atom. The lowest BCUT2D eigenvalue weighted by atomic mass is 10.1. The van der Waals surface area contributed by atoms with Crippen LogP contribution in [0.25, 0.3) is 10.2 Å². The van der Waals surface area contributed by atoms with Gasteiger partial charge < -0.3 is 9.30 Å². The molecule has 1 aliphatic rings. The molecule has 0 bridgehead atoms. The first kappa shape index (κ1) is 21.8. The normalized spacial score (nSPS) is 12.9. The van der Waals surface area contributed by atoms with Crippen molar-refractivity contribution in [2.45, 2.75) is 13.0 Å². The van der Waals surface area contributed by atoms with Gasteiger partial charge in [-0.05, 0) is 36.8 Å². The fraction of sp³-hybridized carbons (Fsp3) is 0.208. The van der Waals surface area contributed by atoms with E-state index in [0.717, 1.165) is 15.1 Å². The maximum atomic E-state index is 13.4. The summed E-state index contributed by atoms with van der Waals surface area (Å²) in [6.07, 6.45) is 5.92. The largest absolute Gasteiger partial charge is 0.497 e. The molecule has 0 saturated heterocycles. The monoisotopic (exact) mass is 475 g/mol. The second-order valence-corrected chi connectivity index (χ2v) is 8.78. The number of ether oxygens (including phenoxy) is 1. The number of fused-ring (bicyclic) bond motifs is 2. The highest BCUT2D eigenvalue weighted by Crippen LogP contribution is 2.32. The van der Waals surface area contributed by atoms with Gasteiger partial charge in [0.2, 0.25) is 5.91 Å². The zero-order valence-electron chi connectivity index (χ0n) is 18.4. The molecule has 2 aromatic carbocycles. The molecule has 9 nitrogen and oxygen atoms in total. The SMILES string of the molecule is COc1ccc2nc(N(CCCn3ccnc3)C(=O)CN3C(=O)c4ccccc4C3=O)sc2c1. The van der Waals surface area contributed by atoms with Crippen LogP contribution >= 0.6 is 11.3 Å². The van der Waals surface area contributed by atoms with Crippen LogP contribution in [0.1, 0.15) is 27.1 Å². The van der Waals surface area contributed by atoms with E-state index in [1.807, 2.05) is 29.0 Å². The third kappa shape index (κ3) is 4.03. The van der Waals surface area contributed by atoms with E-state index in [4.69, 9.17) is 4.74 Å². The van der Waals surface area contributed by atoms with Crippen molar-refractivity contribution in [3.8, 4) is 5.75 Å². The fourth-order valence-electron chi connectivity index (χ4n) is 3.90. The third-order valence-electron chi connectivity index (χ3n) is 5.65. The Balaban J connectivity index is 1.40. The van der Waals surface area contributed by atoms with E-state index in [2.05, 4.69) is 9.97 Å². The number of carbonyl (C=O) groups is 3. The average molecular weight is 476 g/mol. The highest BCUT2D eigenvalue weighted by Gasteiger charge is 2.37. The van der Waals surface area contributed by atoms with E-state index >= 15 is 0 Å². The molecular weight excluding hydrogens is 454 g/mol. The van der Waals surface area contributed by atoms with Gasteiger partial charge in [-0.1, -0.05) is 23.5 Å². The molecule has 5 rings (SSSR count). The van der Waals surface area contributed by atoms with E-state index < -0.39 is 11.8 Å². The van der Waals surface area contributed by atoms with Crippen LogP contribution in [0.2, 0.25) is 0 Å². The van der Waals surface area contributed by atoms with Gasteiger partial charge in [0, 0.05) is 25.5 Å². The number of anilines is 1. The minimum Gasteiger partial charge on any atom is -0.497 e. The number of imide groups is 1. The van der Waals surface area contributed by atoms with Crippen LogP contribution < -0.4 is 9.64 Å². The average Bonchev–Trinajstić information content (AvgIpc) is 3.57. The Kier molecular flexibility index (Phi) is 5.81. The maximum Gasteiger partial charge on any atom is 0.262 e. The summed E-state index contributed by atoms with van der Waals surface area (Å²) in [5.74, 6) is -0.583. The van der Waals surface area contributed by atoms with E-state index in [-0.39, 0.29) is 12.5 Å². The van der Waals surface area contributed by atoms with Crippen LogP contribution in [0, 0.1) is 0 Å². The first-order valence-corrected chi connectivity index (χ1v) is 11.5. The van der Waals surface area contributed by atoms with E-state index in [1.54, 1.807) is 48.8 Å². The van der Waals surface area contributed by atoms with Crippen molar-refractivity contribution in [1.29, 1.82) is 0 Å². The second kappa shape index (κ2) is 9.06. The zero-order valence-corrected chi connectivity index (χ0v) is 19.2. The van der Waals surface area contributed by atoms with Crippen LogP contribution in [-0.4, -0.2) is 57.4 Å². The summed E-state index contributed by atoms with van der Waals surface area (Å²) in [5.41, 5.74) is 1.38. The van der Waals surface area contributed by atoms with Crippen molar-refractivity contribution in [3.63, 3.8) is 0 Å². The number of aryl methyl sites for hydroxylation is 1. The van der Waals surface area contributed by atoms with Crippen molar-refractivity contribution in [3.05, 3.63) is 72.3 Å². The number of hydrogen-bond donors (Lipinski definition) is 0. The Bertz CT molecular complexity index is 1350. The topological polar surface area (TPSA) is 97.6 Å². The summed E-state index contributed by atoms with van der Waals surface area (Å²) < 4.78 is 8.10. The molecule has 10 heteroatoms. The third-order valence-corrected chi connectivity index (χ3v) is 6.69. The van der Waals surface area contributed by atoms with Gasteiger partial charge in [0.05, 0.1) is 34.8 Å². The highest BCUT2D eigenvalue weighted by atomic mass is 32.1. The molecule has 0 aliphatic carbocycles. The molecule has 0 unspecified atom stereocenters. The summed E-state index contributed by atoms with van der Waals surface area (Å²) in [7, 11) is 1.59. The molecular formula is C24H21N5O4S. The van der Waals surface area contributed by atoms with Crippen molar-refractivity contribution in [2.24, 2.45) is 0 Å². The molecule has 3 heterocycles. The Morgan fingerprint density at radius 1 is 1.12 bits per heavy atom. The Hall–Kier alpha value is -4.05. The van der Waals surface area contributed by atoms with E-state index in [1.165, 1.54) is 11.3 Å². The molecule has 0 spiro atoms. The lowest BCUT2D eigenvalue weighted by Crippen LogP contribution is -2.43. The summed E-state index contributed by atoms with van der Waals surface area (Å²) >= 11 is 1.36. The standard InChI is InChI=1S/C24H21N5O4S/c1-33-16-7-8-19-20(13-16)34-24(26-19)28(11-4-10-27-12-9-25-15-27)21(30)14-29-22(31)17-5-2-3-6-18(17)23(29)32/h2-3,5-9,12-13,15H,4,10-11,14H2,1H3. The van der Waals surface area contributed by atoms with Gasteiger partial charge in [0.15, 0.2) is 5.13 Å². The summed E-state index contributed by atoms with van der Waals surface area (Å²) in [6, 6.07) is 12.1.